The van der Waals surface area contributed by atoms with Crippen molar-refractivity contribution < 1.29 is 18.0 Å². The fourth-order valence-corrected chi connectivity index (χ4v) is 3.00. The van der Waals surface area contributed by atoms with Crippen LogP contribution in [0.5, 0.6) is 0 Å². The van der Waals surface area contributed by atoms with E-state index in [4.69, 9.17) is 0 Å². The number of hydrogen-bond acceptors (Lipinski definition) is 7. The molecule has 0 aliphatic carbocycles. The van der Waals surface area contributed by atoms with Crippen molar-refractivity contribution in [2.24, 2.45) is 7.05 Å². The number of benzene rings is 1. The number of anilines is 2. The summed E-state index contributed by atoms with van der Waals surface area (Å²) < 4.78 is 39.5. The largest absolute Gasteiger partial charge is 0.416 e. The topological polar surface area (TPSA) is 111 Å². The number of carbonyl (C=O) groups excluding carboxylic acids is 1. The van der Waals surface area contributed by atoms with Gasteiger partial charge in [-0.15, -0.1) is 0 Å². The molecular formula is C20H17F3N8O. The molecule has 1 aromatic carbocycles. The molecule has 1 atom stereocenters. The lowest BCUT2D eigenvalue weighted by molar-refractivity contribution is -0.137. The van der Waals surface area contributed by atoms with Gasteiger partial charge in [0, 0.05) is 12.7 Å². The van der Waals surface area contributed by atoms with Crippen molar-refractivity contribution in [3.63, 3.8) is 0 Å². The molecular weight excluding hydrogens is 425 g/mol. The predicted octanol–water partition coefficient (Wildman–Crippen LogP) is 3.41. The molecule has 0 saturated heterocycles. The van der Waals surface area contributed by atoms with Crippen LogP contribution in [0.1, 0.15) is 34.7 Å². The molecule has 4 aromatic rings. The first-order valence-corrected chi connectivity index (χ1v) is 9.42. The standard InChI is InChI=1S/C20H17F3N8O/c1-11(29-19(32)17-14-7-28-31(2)18(14)27-10-26-17)15-8-25-16(9-24-15)30-13-5-3-12(4-6-13)20(21,22)23/h3-11H,1-2H3,(H,25,30)(H,29,32). The second-order valence-electron chi connectivity index (χ2n) is 6.95. The van der Waals surface area contributed by atoms with E-state index >= 15 is 0 Å². The summed E-state index contributed by atoms with van der Waals surface area (Å²) >= 11 is 0. The lowest BCUT2D eigenvalue weighted by atomic mass is 10.2. The van der Waals surface area contributed by atoms with Gasteiger partial charge in [0.2, 0.25) is 0 Å². The van der Waals surface area contributed by atoms with Crippen molar-refractivity contribution in [1.29, 1.82) is 0 Å². The van der Waals surface area contributed by atoms with E-state index in [-0.39, 0.29) is 5.69 Å². The van der Waals surface area contributed by atoms with Crippen LogP contribution in [-0.2, 0) is 13.2 Å². The van der Waals surface area contributed by atoms with Gasteiger partial charge in [0.05, 0.1) is 41.3 Å². The van der Waals surface area contributed by atoms with Crippen LogP contribution in [0.3, 0.4) is 0 Å². The number of carbonyl (C=O) groups is 1. The van der Waals surface area contributed by atoms with Gasteiger partial charge in [-0.1, -0.05) is 0 Å². The number of amides is 1. The highest BCUT2D eigenvalue weighted by Gasteiger charge is 2.30. The van der Waals surface area contributed by atoms with Gasteiger partial charge in [-0.2, -0.15) is 18.3 Å². The Morgan fingerprint density at radius 2 is 1.78 bits per heavy atom. The monoisotopic (exact) mass is 442 g/mol. The Hall–Kier alpha value is -4.09. The number of alkyl halides is 3. The molecule has 0 aliphatic heterocycles. The molecule has 0 bridgehead atoms. The fraction of sp³-hybridized carbons (Fsp3) is 0.200. The maximum Gasteiger partial charge on any atom is 0.416 e. The molecule has 1 unspecified atom stereocenters. The Morgan fingerprint density at radius 1 is 1.03 bits per heavy atom. The molecule has 12 heteroatoms. The number of nitrogens with zero attached hydrogens (tertiary/aromatic N) is 6. The van der Waals surface area contributed by atoms with Gasteiger partial charge in [0.1, 0.15) is 17.8 Å². The third-order valence-corrected chi connectivity index (χ3v) is 4.69. The highest BCUT2D eigenvalue weighted by molar-refractivity contribution is 6.03. The van der Waals surface area contributed by atoms with Crippen LogP contribution < -0.4 is 10.6 Å². The Morgan fingerprint density at radius 3 is 2.44 bits per heavy atom. The molecule has 2 N–H and O–H groups in total. The summed E-state index contributed by atoms with van der Waals surface area (Å²) in [5.41, 5.74) is 0.930. The molecule has 1 amide bonds. The first kappa shape index (κ1) is 21.2. The minimum absolute atomic E-state index is 0.198. The van der Waals surface area contributed by atoms with Crippen LogP contribution in [0, 0.1) is 0 Å². The van der Waals surface area contributed by atoms with E-state index in [0.29, 0.717) is 28.2 Å². The van der Waals surface area contributed by atoms with E-state index in [0.717, 1.165) is 12.1 Å². The van der Waals surface area contributed by atoms with Gasteiger partial charge < -0.3 is 10.6 Å². The summed E-state index contributed by atoms with van der Waals surface area (Å²) in [4.78, 5) is 29.3. The molecule has 0 saturated carbocycles. The van der Waals surface area contributed by atoms with E-state index in [1.54, 1.807) is 18.7 Å². The van der Waals surface area contributed by atoms with Crippen LogP contribution in [0.25, 0.3) is 11.0 Å². The average molecular weight is 442 g/mol. The number of hydrogen-bond donors (Lipinski definition) is 2. The van der Waals surface area contributed by atoms with Gasteiger partial charge in [0.25, 0.3) is 5.91 Å². The number of halogens is 3. The van der Waals surface area contributed by atoms with Crippen molar-refractivity contribution in [3.8, 4) is 0 Å². The fourth-order valence-electron chi connectivity index (χ4n) is 3.00. The Bertz CT molecular complexity index is 1250. The predicted molar refractivity (Wildman–Crippen MR) is 109 cm³/mol. The number of nitrogens with one attached hydrogen (secondary N) is 2. The van der Waals surface area contributed by atoms with Crippen molar-refractivity contribution in [1.82, 2.24) is 35.0 Å². The van der Waals surface area contributed by atoms with E-state index in [2.05, 4.69) is 35.7 Å². The van der Waals surface area contributed by atoms with Gasteiger partial charge in [-0.3, -0.25) is 14.5 Å². The van der Waals surface area contributed by atoms with Crippen LogP contribution >= 0.6 is 0 Å². The van der Waals surface area contributed by atoms with E-state index in [9.17, 15) is 18.0 Å². The minimum Gasteiger partial charge on any atom is -0.343 e. The highest BCUT2D eigenvalue weighted by Crippen LogP contribution is 2.30. The zero-order chi connectivity index (χ0) is 22.9. The highest BCUT2D eigenvalue weighted by atomic mass is 19.4. The molecule has 0 radical (unpaired) electrons. The summed E-state index contributed by atoms with van der Waals surface area (Å²) in [7, 11) is 1.72. The second kappa shape index (κ2) is 8.21. The normalized spacial score (nSPS) is 12.5. The van der Waals surface area contributed by atoms with Gasteiger partial charge in [-0.05, 0) is 31.2 Å². The second-order valence-corrected chi connectivity index (χ2v) is 6.95. The van der Waals surface area contributed by atoms with Crippen molar-refractivity contribution >= 4 is 28.4 Å². The van der Waals surface area contributed by atoms with Crippen molar-refractivity contribution in [2.75, 3.05) is 5.32 Å². The molecule has 0 spiro atoms. The van der Waals surface area contributed by atoms with E-state index < -0.39 is 23.7 Å². The van der Waals surface area contributed by atoms with Crippen molar-refractivity contribution in [2.45, 2.75) is 19.1 Å². The third-order valence-electron chi connectivity index (χ3n) is 4.69. The Kier molecular flexibility index (Phi) is 5.43. The molecule has 0 fully saturated rings. The first-order valence-electron chi connectivity index (χ1n) is 9.42. The van der Waals surface area contributed by atoms with Crippen LogP contribution in [0.2, 0.25) is 0 Å². The maximum atomic E-state index is 12.7. The average Bonchev–Trinajstić information content (AvgIpc) is 3.15. The number of fused-ring (bicyclic) bond motifs is 1. The zero-order valence-electron chi connectivity index (χ0n) is 16.9. The Labute approximate surface area is 179 Å². The number of rotatable bonds is 5. The number of aryl methyl sites for hydroxylation is 1. The van der Waals surface area contributed by atoms with Gasteiger partial charge in [0.15, 0.2) is 5.65 Å². The van der Waals surface area contributed by atoms with E-state index in [1.807, 2.05) is 0 Å². The molecule has 4 rings (SSSR count). The lowest BCUT2D eigenvalue weighted by Crippen LogP contribution is -2.28. The molecule has 9 nitrogen and oxygen atoms in total. The minimum atomic E-state index is -4.39. The maximum absolute atomic E-state index is 12.7. The van der Waals surface area contributed by atoms with Crippen molar-refractivity contribution in [3.05, 3.63) is 66.1 Å². The molecule has 3 aromatic heterocycles. The third kappa shape index (κ3) is 4.33. The van der Waals surface area contributed by atoms with Gasteiger partial charge >= 0.3 is 6.18 Å². The van der Waals surface area contributed by atoms with Crippen LogP contribution in [-0.4, -0.2) is 35.6 Å². The first-order chi connectivity index (χ1) is 15.2. The summed E-state index contributed by atoms with van der Waals surface area (Å²) in [5.74, 6) is -0.0634. The molecule has 32 heavy (non-hydrogen) atoms. The van der Waals surface area contributed by atoms with Gasteiger partial charge in [-0.25, -0.2) is 15.0 Å². The van der Waals surface area contributed by atoms with Crippen LogP contribution in [0.15, 0.2) is 49.2 Å². The zero-order valence-corrected chi connectivity index (χ0v) is 16.9. The van der Waals surface area contributed by atoms with E-state index in [1.165, 1.54) is 37.1 Å². The summed E-state index contributed by atoms with van der Waals surface area (Å²) in [5, 5.41) is 10.3. The molecule has 3 heterocycles. The summed E-state index contributed by atoms with van der Waals surface area (Å²) in [6.07, 6.45) is 1.33. The smallest absolute Gasteiger partial charge is 0.343 e. The molecule has 164 valence electrons. The quantitative estimate of drug-likeness (QED) is 0.487. The summed E-state index contributed by atoms with van der Waals surface area (Å²) in [6.45, 7) is 1.74. The molecule has 0 aliphatic rings. The SMILES string of the molecule is CC(NC(=O)c1ncnc2c1cnn2C)c1cnc(Nc2ccc(C(F)(F)F)cc2)cn1. The summed E-state index contributed by atoms with van der Waals surface area (Å²) in [6, 6.07) is 4.10. The van der Waals surface area contributed by atoms with Crippen LogP contribution in [0.4, 0.5) is 24.7 Å². The lowest BCUT2D eigenvalue weighted by Gasteiger charge is -2.14. The Balaban J connectivity index is 1.42. The number of aromatic nitrogens is 6.